The molecule has 1 fully saturated rings. The lowest BCUT2D eigenvalue weighted by Crippen LogP contribution is -2.23. The number of hydrogen-bond acceptors (Lipinski definition) is 7. The molecule has 0 radical (unpaired) electrons. The molecule has 3 aromatic rings. The van der Waals surface area contributed by atoms with E-state index in [9.17, 15) is 4.79 Å². The average molecular weight is 371 g/mol. The Labute approximate surface area is 155 Å². The molecule has 9 heteroatoms. The summed E-state index contributed by atoms with van der Waals surface area (Å²) < 4.78 is 17.3. The summed E-state index contributed by atoms with van der Waals surface area (Å²) in [5.74, 6) is 1.17. The van der Waals surface area contributed by atoms with Crippen LogP contribution in [0.5, 0.6) is 11.5 Å². The van der Waals surface area contributed by atoms with Gasteiger partial charge >= 0.3 is 0 Å². The second-order valence-electron chi connectivity index (χ2n) is 6.68. The van der Waals surface area contributed by atoms with Crippen molar-refractivity contribution >= 4 is 22.8 Å². The lowest BCUT2D eigenvalue weighted by atomic mass is 10.0. The number of tetrazole rings is 1. The molecule has 2 aromatic heterocycles. The number of carbonyl (C=O) groups is 1. The van der Waals surface area contributed by atoms with Crippen LogP contribution in [0.1, 0.15) is 43.2 Å². The smallest absolute Gasteiger partial charge is 0.297 e. The Kier molecular flexibility index (Phi) is 4.66. The number of hydrogen-bond donors (Lipinski definition) is 2. The van der Waals surface area contributed by atoms with E-state index in [1.165, 1.54) is 12.8 Å². The van der Waals surface area contributed by atoms with Gasteiger partial charge in [-0.15, -0.1) is 5.10 Å². The van der Waals surface area contributed by atoms with Crippen LogP contribution < -0.4 is 14.8 Å². The van der Waals surface area contributed by atoms with Gasteiger partial charge in [-0.25, -0.2) is 0 Å². The lowest BCUT2D eigenvalue weighted by molar-refractivity contribution is 0.0980. The number of H-pyrrole nitrogens is 1. The summed E-state index contributed by atoms with van der Waals surface area (Å²) in [7, 11) is 1.59. The zero-order valence-corrected chi connectivity index (χ0v) is 15.2. The molecule has 1 amide bonds. The molecule has 9 nitrogen and oxygen atoms in total. The average Bonchev–Trinajstić information content (AvgIpc) is 3.42. The highest BCUT2D eigenvalue weighted by Gasteiger charge is 2.29. The molecule has 2 N–H and O–H groups in total. The number of nitrogens with zero attached hydrogens (tertiary/aromatic N) is 3. The Hall–Kier alpha value is -3.10. The predicted molar refractivity (Wildman–Crippen MR) is 96.9 cm³/mol. The van der Waals surface area contributed by atoms with E-state index in [0.29, 0.717) is 28.4 Å². The van der Waals surface area contributed by atoms with Crippen LogP contribution in [0.2, 0.25) is 0 Å². The SMILES string of the molecule is COc1ccc2oc(C(=O)Nc3nn[nH]n3)c(OC(C)C3CCCC3)c2c1. The number of benzene rings is 1. The number of aromatic nitrogens is 4. The van der Waals surface area contributed by atoms with Crippen LogP contribution in [-0.4, -0.2) is 39.7 Å². The standard InChI is InChI=1S/C18H21N5O4/c1-10(11-5-3-4-6-11)26-15-13-9-12(25-2)7-8-14(13)27-16(15)17(24)19-18-20-22-23-21-18/h7-11H,3-6H2,1-2H3,(H2,19,20,21,22,23,24). The predicted octanol–water partition coefficient (Wildman–Crippen LogP) is 3.16. The maximum absolute atomic E-state index is 12.7. The minimum absolute atomic E-state index is 0.0313. The first kappa shape index (κ1) is 17.3. The number of fused-ring (bicyclic) bond motifs is 1. The summed E-state index contributed by atoms with van der Waals surface area (Å²) >= 11 is 0. The molecule has 1 unspecified atom stereocenters. The van der Waals surface area contributed by atoms with Gasteiger partial charge in [0.1, 0.15) is 11.3 Å². The van der Waals surface area contributed by atoms with Crippen LogP contribution in [0.4, 0.5) is 5.95 Å². The van der Waals surface area contributed by atoms with Crippen molar-refractivity contribution in [2.45, 2.75) is 38.7 Å². The third kappa shape index (κ3) is 3.44. The van der Waals surface area contributed by atoms with Crippen molar-refractivity contribution in [1.29, 1.82) is 0 Å². The third-order valence-corrected chi connectivity index (χ3v) is 4.99. The Balaban J connectivity index is 1.70. The fourth-order valence-corrected chi connectivity index (χ4v) is 3.53. The number of rotatable bonds is 6. The normalized spacial score (nSPS) is 15.8. The molecule has 0 aliphatic heterocycles. The molecule has 0 saturated heterocycles. The number of carbonyl (C=O) groups excluding carboxylic acids is 1. The van der Waals surface area contributed by atoms with Gasteiger partial charge in [-0.3, -0.25) is 10.1 Å². The highest BCUT2D eigenvalue weighted by molar-refractivity contribution is 6.07. The Morgan fingerprint density at radius 2 is 2.19 bits per heavy atom. The number of nitrogens with one attached hydrogen (secondary N) is 2. The van der Waals surface area contributed by atoms with Gasteiger partial charge in [0.15, 0.2) is 5.75 Å². The monoisotopic (exact) mass is 371 g/mol. The topological polar surface area (TPSA) is 115 Å². The summed E-state index contributed by atoms with van der Waals surface area (Å²) in [4.78, 5) is 12.7. The van der Waals surface area contributed by atoms with Crippen LogP contribution in [0.25, 0.3) is 11.0 Å². The van der Waals surface area contributed by atoms with Crippen LogP contribution in [-0.2, 0) is 0 Å². The van der Waals surface area contributed by atoms with Gasteiger partial charge in [-0.05, 0) is 49.1 Å². The Bertz CT molecular complexity index is 931. The van der Waals surface area contributed by atoms with Crippen molar-refractivity contribution < 1.29 is 18.7 Å². The number of ether oxygens (including phenoxy) is 2. The molecule has 1 saturated carbocycles. The molecule has 27 heavy (non-hydrogen) atoms. The van der Waals surface area contributed by atoms with Crippen LogP contribution in [0.3, 0.4) is 0 Å². The van der Waals surface area contributed by atoms with E-state index < -0.39 is 5.91 Å². The second-order valence-corrected chi connectivity index (χ2v) is 6.68. The van der Waals surface area contributed by atoms with Crippen molar-refractivity contribution in [3.8, 4) is 11.5 Å². The molecule has 1 aliphatic rings. The zero-order valence-electron chi connectivity index (χ0n) is 15.2. The van der Waals surface area contributed by atoms with Crippen molar-refractivity contribution in [3.05, 3.63) is 24.0 Å². The first-order valence-electron chi connectivity index (χ1n) is 8.97. The number of aromatic amines is 1. The molecule has 4 rings (SSSR count). The van der Waals surface area contributed by atoms with E-state index in [0.717, 1.165) is 12.8 Å². The zero-order chi connectivity index (χ0) is 18.8. The number of furan rings is 1. The van der Waals surface area contributed by atoms with Crippen molar-refractivity contribution in [2.24, 2.45) is 5.92 Å². The summed E-state index contributed by atoms with van der Waals surface area (Å²) in [6.45, 7) is 2.04. The molecular formula is C18H21N5O4. The second kappa shape index (κ2) is 7.26. The summed E-state index contributed by atoms with van der Waals surface area (Å²) in [6, 6.07) is 5.34. The van der Waals surface area contributed by atoms with Gasteiger partial charge < -0.3 is 13.9 Å². The van der Waals surface area contributed by atoms with Gasteiger partial charge in [0.25, 0.3) is 11.9 Å². The van der Waals surface area contributed by atoms with E-state index in [2.05, 4.69) is 25.9 Å². The Morgan fingerprint density at radius 3 is 2.89 bits per heavy atom. The lowest BCUT2D eigenvalue weighted by Gasteiger charge is -2.20. The number of anilines is 1. The first-order chi connectivity index (χ1) is 13.2. The number of amides is 1. The van der Waals surface area contributed by atoms with Crippen molar-refractivity contribution in [2.75, 3.05) is 12.4 Å². The van der Waals surface area contributed by atoms with Gasteiger partial charge in [-0.2, -0.15) is 5.21 Å². The first-order valence-corrected chi connectivity index (χ1v) is 8.97. The van der Waals surface area contributed by atoms with E-state index in [1.54, 1.807) is 25.3 Å². The Morgan fingerprint density at radius 1 is 1.37 bits per heavy atom. The van der Waals surface area contributed by atoms with E-state index in [-0.39, 0.29) is 17.8 Å². The van der Waals surface area contributed by atoms with Gasteiger partial charge in [0, 0.05) is 0 Å². The van der Waals surface area contributed by atoms with Crippen LogP contribution in [0, 0.1) is 5.92 Å². The largest absolute Gasteiger partial charge is 0.497 e. The molecule has 0 spiro atoms. The minimum atomic E-state index is -0.500. The molecular weight excluding hydrogens is 350 g/mol. The van der Waals surface area contributed by atoms with Gasteiger partial charge in [-0.1, -0.05) is 17.9 Å². The highest BCUT2D eigenvalue weighted by atomic mass is 16.5. The van der Waals surface area contributed by atoms with Gasteiger partial charge in [0.2, 0.25) is 5.76 Å². The molecule has 2 heterocycles. The third-order valence-electron chi connectivity index (χ3n) is 4.99. The number of methoxy groups -OCH3 is 1. The summed E-state index contributed by atoms with van der Waals surface area (Å²) in [5.41, 5.74) is 0.544. The quantitative estimate of drug-likeness (QED) is 0.684. The maximum atomic E-state index is 12.7. The summed E-state index contributed by atoms with van der Waals surface area (Å²) in [6.07, 6.45) is 4.65. The molecule has 142 valence electrons. The molecule has 1 atom stereocenters. The molecule has 1 aromatic carbocycles. The van der Waals surface area contributed by atoms with E-state index in [1.807, 2.05) is 6.92 Å². The minimum Gasteiger partial charge on any atom is -0.497 e. The fraction of sp³-hybridized carbons (Fsp3) is 0.444. The fourth-order valence-electron chi connectivity index (χ4n) is 3.53. The van der Waals surface area contributed by atoms with Gasteiger partial charge in [0.05, 0.1) is 18.6 Å². The van der Waals surface area contributed by atoms with E-state index in [4.69, 9.17) is 13.9 Å². The van der Waals surface area contributed by atoms with Crippen molar-refractivity contribution in [3.63, 3.8) is 0 Å². The highest BCUT2D eigenvalue weighted by Crippen LogP contribution is 2.38. The van der Waals surface area contributed by atoms with Crippen molar-refractivity contribution in [1.82, 2.24) is 20.6 Å². The summed E-state index contributed by atoms with van der Waals surface area (Å²) in [5, 5.41) is 16.4. The van der Waals surface area contributed by atoms with Crippen LogP contribution >= 0.6 is 0 Å². The molecule has 1 aliphatic carbocycles. The van der Waals surface area contributed by atoms with E-state index >= 15 is 0 Å². The van der Waals surface area contributed by atoms with Crippen LogP contribution in [0.15, 0.2) is 22.6 Å². The molecule has 0 bridgehead atoms. The maximum Gasteiger partial charge on any atom is 0.297 e.